The van der Waals surface area contributed by atoms with Crippen LogP contribution in [0, 0.1) is 5.92 Å². The maximum absolute atomic E-state index is 5.92. The summed E-state index contributed by atoms with van der Waals surface area (Å²) in [5.74, 6) is 2.33. The predicted octanol–water partition coefficient (Wildman–Crippen LogP) is 3.07. The van der Waals surface area contributed by atoms with Gasteiger partial charge in [-0.15, -0.1) is 0 Å². The smallest absolute Gasteiger partial charge is 0.222 e. The summed E-state index contributed by atoms with van der Waals surface area (Å²) in [6.45, 7) is 10.6. The molecule has 0 fully saturated rings. The van der Waals surface area contributed by atoms with Crippen LogP contribution in [0.2, 0.25) is 0 Å². The van der Waals surface area contributed by atoms with Crippen molar-refractivity contribution in [3.05, 3.63) is 11.9 Å². The first kappa shape index (κ1) is 13.7. The number of rotatable bonds is 5. The van der Waals surface area contributed by atoms with Crippen LogP contribution in [0.1, 0.15) is 46.1 Å². The number of ether oxygens (including phenoxy) is 1. The Hall–Kier alpha value is -1.32. The van der Waals surface area contributed by atoms with Crippen LogP contribution in [0.25, 0.3) is 0 Å². The maximum Gasteiger partial charge on any atom is 0.222 e. The van der Waals surface area contributed by atoms with E-state index < -0.39 is 0 Å². The second kappa shape index (κ2) is 5.84. The average molecular weight is 237 g/mol. The molecule has 1 atom stereocenters. The zero-order valence-electron chi connectivity index (χ0n) is 11.6. The van der Waals surface area contributed by atoms with Crippen molar-refractivity contribution >= 4 is 5.82 Å². The molecule has 0 bridgehead atoms. The third-order valence-corrected chi connectivity index (χ3v) is 2.90. The molecule has 0 aliphatic carbocycles. The number of hydrogen-bond acceptors (Lipinski definition) is 4. The molecule has 96 valence electrons. The lowest BCUT2D eigenvalue weighted by atomic mass is 10.0. The lowest BCUT2D eigenvalue weighted by molar-refractivity contribution is 0.161. The van der Waals surface area contributed by atoms with Gasteiger partial charge in [0, 0.05) is 7.05 Å². The first-order valence-electron chi connectivity index (χ1n) is 6.16. The fourth-order valence-corrected chi connectivity index (χ4v) is 1.51. The highest BCUT2D eigenvalue weighted by molar-refractivity contribution is 5.50. The van der Waals surface area contributed by atoms with Crippen LogP contribution in [-0.4, -0.2) is 23.1 Å². The van der Waals surface area contributed by atoms with Gasteiger partial charge < -0.3 is 10.1 Å². The molecule has 1 aromatic rings. The summed E-state index contributed by atoms with van der Waals surface area (Å²) < 4.78 is 5.92. The molecule has 1 rings (SSSR count). The first-order chi connectivity index (χ1) is 7.97. The van der Waals surface area contributed by atoms with E-state index >= 15 is 0 Å². The molecule has 4 heteroatoms. The molecule has 1 heterocycles. The fraction of sp³-hybridized carbons (Fsp3) is 0.692. The van der Waals surface area contributed by atoms with E-state index in [1.54, 1.807) is 6.33 Å². The van der Waals surface area contributed by atoms with Crippen LogP contribution in [-0.2, 0) is 0 Å². The SMILES string of the molecule is CNc1ncnc(OC(C)C(C)C)c1C(C)C. The largest absolute Gasteiger partial charge is 0.474 e. The van der Waals surface area contributed by atoms with Crippen molar-refractivity contribution in [1.29, 1.82) is 0 Å². The molecular formula is C13H23N3O. The Balaban J connectivity index is 3.06. The summed E-state index contributed by atoms with van der Waals surface area (Å²) in [5, 5.41) is 3.09. The molecule has 0 aliphatic heterocycles. The van der Waals surface area contributed by atoms with Crippen molar-refractivity contribution in [2.45, 2.75) is 46.6 Å². The Kier molecular flexibility index (Phi) is 4.73. The summed E-state index contributed by atoms with van der Waals surface area (Å²) in [7, 11) is 1.86. The molecule has 0 amide bonds. The average Bonchev–Trinajstić information content (AvgIpc) is 2.27. The third kappa shape index (κ3) is 3.32. The van der Waals surface area contributed by atoms with Crippen LogP contribution in [0.3, 0.4) is 0 Å². The summed E-state index contributed by atoms with van der Waals surface area (Å²) in [5.41, 5.74) is 1.04. The van der Waals surface area contributed by atoms with Crippen molar-refractivity contribution in [2.24, 2.45) is 5.92 Å². The second-order valence-corrected chi connectivity index (χ2v) is 4.91. The van der Waals surface area contributed by atoms with Crippen molar-refractivity contribution in [3.63, 3.8) is 0 Å². The Labute approximate surface area is 104 Å². The molecule has 0 saturated heterocycles. The number of nitrogens with one attached hydrogen (secondary N) is 1. The Bertz CT molecular complexity index is 364. The van der Waals surface area contributed by atoms with Crippen molar-refractivity contribution in [2.75, 3.05) is 12.4 Å². The van der Waals surface area contributed by atoms with Gasteiger partial charge in [-0.05, 0) is 18.8 Å². The summed E-state index contributed by atoms with van der Waals surface area (Å²) >= 11 is 0. The van der Waals surface area contributed by atoms with Crippen LogP contribution in [0.15, 0.2) is 6.33 Å². The van der Waals surface area contributed by atoms with Crippen LogP contribution < -0.4 is 10.1 Å². The minimum absolute atomic E-state index is 0.145. The molecule has 1 unspecified atom stereocenters. The molecule has 17 heavy (non-hydrogen) atoms. The van der Waals surface area contributed by atoms with Crippen molar-refractivity contribution in [3.8, 4) is 5.88 Å². The number of aromatic nitrogens is 2. The molecule has 1 aromatic heterocycles. The quantitative estimate of drug-likeness (QED) is 0.855. The van der Waals surface area contributed by atoms with Gasteiger partial charge >= 0.3 is 0 Å². The van der Waals surface area contributed by atoms with Gasteiger partial charge in [0.1, 0.15) is 12.1 Å². The predicted molar refractivity (Wildman–Crippen MR) is 70.6 cm³/mol. The molecule has 0 aliphatic rings. The molecule has 0 aromatic carbocycles. The van der Waals surface area contributed by atoms with Crippen LogP contribution in [0.5, 0.6) is 5.88 Å². The van der Waals surface area contributed by atoms with Gasteiger partial charge in [-0.2, -0.15) is 0 Å². The van der Waals surface area contributed by atoms with Crippen LogP contribution in [0.4, 0.5) is 5.82 Å². The zero-order chi connectivity index (χ0) is 13.0. The van der Waals surface area contributed by atoms with Gasteiger partial charge in [0.05, 0.1) is 11.7 Å². The fourth-order valence-electron chi connectivity index (χ4n) is 1.51. The van der Waals surface area contributed by atoms with E-state index in [1.807, 2.05) is 7.05 Å². The third-order valence-electron chi connectivity index (χ3n) is 2.90. The van der Waals surface area contributed by atoms with Gasteiger partial charge in [-0.25, -0.2) is 9.97 Å². The molecular weight excluding hydrogens is 214 g/mol. The van der Waals surface area contributed by atoms with E-state index in [-0.39, 0.29) is 6.10 Å². The minimum Gasteiger partial charge on any atom is -0.474 e. The second-order valence-electron chi connectivity index (χ2n) is 4.91. The lowest BCUT2D eigenvalue weighted by Gasteiger charge is -2.21. The van der Waals surface area contributed by atoms with E-state index in [2.05, 4.69) is 49.9 Å². The summed E-state index contributed by atoms with van der Waals surface area (Å²) in [6, 6.07) is 0. The van der Waals surface area contributed by atoms with Gasteiger partial charge in [-0.1, -0.05) is 27.7 Å². The molecule has 0 saturated carbocycles. The highest BCUT2D eigenvalue weighted by Gasteiger charge is 2.18. The van der Waals surface area contributed by atoms with Crippen molar-refractivity contribution < 1.29 is 4.74 Å². The van der Waals surface area contributed by atoms with E-state index in [1.165, 1.54) is 0 Å². The van der Waals surface area contributed by atoms with E-state index in [0.29, 0.717) is 17.7 Å². The first-order valence-corrected chi connectivity index (χ1v) is 6.16. The Morgan fingerprint density at radius 2 is 1.76 bits per heavy atom. The topological polar surface area (TPSA) is 47.0 Å². The highest BCUT2D eigenvalue weighted by atomic mass is 16.5. The van der Waals surface area contributed by atoms with E-state index in [0.717, 1.165) is 11.4 Å². The zero-order valence-corrected chi connectivity index (χ0v) is 11.6. The summed E-state index contributed by atoms with van der Waals surface area (Å²) in [6.07, 6.45) is 1.69. The van der Waals surface area contributed by atoms with Gasteiger partial charge in [0.25, 0.3) is 0 Å². The maximum atomic E-state index is 5.92. The van der Waals surface area contributed by atoms with Gasteiger partial charge in [0.15, 0.2) is 0 Å². The standard InChI is InChI=1S/C13H23N3O/c1-8(2)10(5)17-13-11(9(3)4)12(14-6)15-7-16-13/h7-10H,1-6H3,(H,14,15,16). The minimum atomic E-state index is 0.145. The number of hydrogen-bond donors (Lipinski definition) is 1. The molecule has 0 spiro atoms. The lowest BCUT2D eigenvalue weighted by Crippen LogP contribution is -2.20. The monoisotopic (exact) mass is 237 g/mol. The van der Waals surface area contributed by atoms with E-state index in [4.69, 9.17) is 4.74 Å². The van der Waals surface area contributed by atoms with Crippen molar-refractivity contribution in [1.82, 2.24) is 9.97 Å². The Morgan fingerprint density at radius 3 is 2.24 bits per heavy atom. The number of nitrogens with zero attached hydrogens (tertiary/aromatic N) is 2. The van der Waals surface area contributed by atoms with Crippen LogP contribution >= 0.6 is 0 Å². The molecule has 4 nitrogen and oxygen atoms in total. The van der Waals surface area contributed by atoms with E-state index in [9.17, 15) is 0 Å². The van der Waals surface area contributed by atoms with Gasteiger partial charge in [-0.3, -0.25) is 0 Å². The molecule has 1 N–H and O–H groups in total. The Morgan fingerprint density at radius 1 is 1.12 bits per heavy atom. The molecule has 0 radical (unpaired) electrons. The summed E-state index contributed by atoms with van der Waals surface area (Å²) in [4.78, 5) is 8.49. The highest BCUT2D eigenvalue weighted by Crippen LogP contribution is 2.30. The van der Waals surface area contributed by atoms with Gasteiger partial charge in [0.2, 0.25) is 5.88 Å². The number of anilines is 1. The normalized spacial score (nSPS) is 12.9.